The Kier molecular flexibility index (Phi) is 9.43. The summed E-state index contributed by atoms with van der Waals surface area (Å²) in [5.41, 5.74) is 16.2. The largest absolute Gasteiger partial charge is 0.307 e. The molecular formula is C63H41N5. The van der Waals surface area contributed by atoms with Gasteiger partial charge in [0, 0.05) is 38.2 Å². The molecule has 5 heteroatoms. The first-order valence-electron chi connectivity index (χ1n) is 23.0. The van der Waals surface area contributed by atoms with Crippen LogP contribution in [0.15, 0.2) is 249 Å². The van der Waals surface area contributed by atoms with Gasteiger partial charge < -0.3 is 4.57 Å². The third-order valence-electron chi connectivity index (χ3n) is 13.2. The van der Waals surface area contributed by atoms with Crippen molar-refractivity contribution < 1.29 is 0 Å². The standard InChI is InChI=1S/C63H41N5/c1-5-19-42(20-6-1)46-27-17-29-49(39-46)51-36-35-48(44-23-9-3-10-24-44)41-58(51)67-56-33-15-13-31-52(56)54-37-38-55-53-32-14-16-34-57(53)68(60(55)59(54)67)63-65-61(45-25-11-4-12-26-45)64-62(66-63)50-30-18-28-47(40-50)43-21-7-2-8-22-43/h1-41H. The minimum atomic E-state index is 0.545. The smallest absolute Gasteiger partial charge is 0.238 e. The molecule has 0 amide bonds. The van der Waals surface area contributed by atoms with E-state index in [0.29, 0.717) is 17.6 Å². The van der Waals surface area contributed by atoms with E-state index in [0.717, 1.165) is 93.8 Å². The fourth-order valence-electron chi connectivity index (χ4n) is 10.0. The van der Waals surface area contributed by atoms with Crippen molar-refractivity contribution in [2.24, 2.45) is 0 Å². The minimum absolute atomic E-state index is 0.545. The highest BCUT2D eigenvalue weighted by Crippen LogP contribution is 2.44. The first-order chi connectivity index (χ1) is 33.7. The van der Waals surface area contributed by atoms with Crippen molar-refractivity contribution in [3.8, 4) is 78.9 Å². The Morgan fingerprint density at radius 1 is 0.250 bits per heavy atom. The molecule has 68 heavy (non-hydrogen) atoms. The Morgan fingerprint density at radius 3 is 1.24 bits per heavy atom. The van der Waals surface area contributed by atoms with Crippen LogP contribution in [0.3, 0.4) is 0 Å². The number of benzene rings is 10. The van der Waals surface area contributed by atoms with Crippen molar-refractivity contribution in [2.75, 3.05) is 0 Å². The summed E-state index contributed by atoms with van der Waals surface area (Å²) in [5, 5.41) is 4.52. The van der Waals surface area contributed by atoms with E-state index in [-0.39, 0.29) is 0 Å². The predicted molar refractivity (Wildman–Crippen MR) is 281 cm³/mol. The van der Waals surface area contributed by atoms with E-state index in [1.54, 1.807) is 0 Å². The molecule has 0 bridgehead atoms. The Morgan fingerprint density at radius 2 is 0.662 bits per heavy atom. The highest BCUT2D eigenvalue weighted by Gasteiger charge is 2.25. The number of nitrogens with zero attached hydrogens (tertiary/aromatic N) is 5. The lowest BCUT2D eigenvalue weighted by Gasteiger charge is -2.18. The van der Waals surface area contributed by atoms with Gasteiger partial charge in [-0.2, -0.15) is 9.97 Å². The molecule has 5 nitrogen and oxygen atoms in total. The third-order valence-corrected chi connectivity index (χ3v) is 13.2. The molecule has 0 aliphatic carbocycles. The van der Waals surface area contributed by atoms with E-state index >= 15 is 0 Å². The summed E-state index contributed by atoms with van der Waals surface area (Å²) < 4.78 is 4.76. The van der Waals surface area contributed by atoms with E-state index in [9.17, 15) is 0 Å². The van der Waals surface area contributed by atoms with Crippen molar-refractivity contribution in [1.82, 2.24) is 24.1 Å². The quantitative estimate of drug-likeness (QED) is 0.153. The van der Waals surface area contributed by atoms with Gasteiger partial charge in [0.15, 0.2) is 11.6 Å². The molecule has 318 valence electrons. The molecule has 13 aromatic rings. The molecule has 0 spiro atoms. The second-order valence-corrected chi connectivity index (χ2v) is 17.2. The number of hydrogen-bond donors (Lipinski definition) is 0. The van der Waals surface area contributed by atoms with Crippen LogP contribution in [0.25, 0.3) is 123 Å². The van der Waals surface area contributed by atoms with E-state index in [4.69, 9.17) is 15.0 Å². The van der Waals surface area contributed by atoms with Gasteiger partial charge in [-0.1, -0.05) is 218 Å². The predicted octanol–water partition coefficient (Wildman–Crippen LogP) is 16.1. The zero-order valence-electron chi connectivity index (χ0n) is 36.9. The summed E-state index contributed by atoms with van der Waals surface area (Å²) in [4.78, 5) is 16.1. The molecule has 0 aliphatic rings. The summed E-state index contributed by atoms with van der Waals surface area (Å²) in [6, 6.07) is 88.3. The van der Waals surface area contributed by atoms with Crippen LogP contribution in [0.5, 0.6) is 0 Å². The van der Waals surface area contributed by atoms with Crippen LogP contribution in [-0.2, 0) is 0 Å². The maximum absolute atomic E-state index is 5.46. The Hall–Kier alpha value is -9.19. The molecule has 3 aromatic heterocycles. The van der Waals surface area contributed by atoms with Gasteiger partial charge in [0.25, 0.3) is 0 Å². The van der Waals surface area contributed by atoms with Crippen LogP contribution in [0.2, 0.25) is 0 Å². The molecule has 0 aliphatic heterocycles. The first kappa shape index (κ1) is 39.2. The van der Waals surface area contributed by atoms with Crippen molar-refractivity contribution in [3.63, 3.8) is 0 Å². The zero-order valence-corrected chi connectivity index (χ0v) is 36.9. The van der Waals surface area contributed by atoms with Gasteiger partial charge in [-0.05, 0) is 69.3 Å². The van der Waals surface area contributed by atoms with Crippen LogP contribution in [0, 0.1) is 0 Å². The zero-order chi connectivity index (χ0) is 45.0. The number of aromatic nitrogens is 5. The summed E-state index contributed by atoms with van der Waals surface area (Å²) >= 11 is 0. The topological polar surface area (TPSA) is 48.5 Å². The van der Waals surface area contributed by atoms with E-state index in [1.807, 2.05) is 24.3 Å². The third kappa shape index (κ3) is 6.68. The van der Waals surface area contributed by atoms with Crippen LogP contribution in [0.1, 0.15) is 0 Å². The minimum Gasteiger partial charge on any atom is -0.307 e. The van der Waals surface area contributed by atoms with Crippen LogP contribution in [-0.4, -0.2) is 24.1 Å². The van der Waals surface area contributed by atoms with Crippen molar-refractivity contribution in [3.05, 3.63) is 249 Å². The maximum Gasteiger partial charge on any atom is 0.238 e. The fourth-order valence-corrected chi connectivity index (χ4v) is 10.0. The molecule has 0 atom stereocenters. The normalized spacial score (nSPS) is 11.5. The Balaban J connectivity index is 1.14. The average Bonchev–Trinajstić information content (AvgIpc) is 3.95. The van der Waals surface area contributed by atoms with Crippen LogP contribution >= 0.6 is 0 Å². The van der Waals surface area contributed by atoms with E-state index in [2.05, 4.69) is 234 Å². The highest BCUT2D eigenvalue weighted by atomic mass is 15.2. The molecule has 0 saturated heterocycles. The molecule has 10 aromatic carbocycles. The van der Waals surface area contributed by atoms with Gasteiger partial charge in [0.05, 0.1) is 27.8 Å². The van der Waals surface area contributed by atoms with Crippen molar-refractivity contribution in [2.45, 2.75) is 0 Å². The van der Waals surface area contributed by atoms with Crippen LogP contribution in [0.4, 0.5) is 0 Å². The molecular weight excluding hydrogens is 827 g/mol. The van der Waals surface area contributed by atoms with E-state index < -0.39 is 0 Å². The SMILES string of the molecule is c1ccc(-c2cccc(-c3nc(-c4ccccc4)nc(-n4c5ccccc5c5ccc6c7ccccc7n(-c7cc(-c8ccccc8)ccc7-c7cccc(-c8ccccc8)c7)c6c54)n3)c2)cc1. The number of para-hydroxylation sites is 2. The van der Waals surface area contributed by atoms with Crippen molar-refractivity contribution >= 4 is 43.6 Å². The second-order valence-electron chi connectivity index (χ2n) is 17.2. The summed E-state index contributed by atoms with van der Waals surface area (Å²) in [6.07, 6.45) is 0. The van der Waals surface area contributed by atoms with Gasteiger partial charge in [0.1, 0.15) is 0 Å². The van der Waals surface area contributed by atoms with Gasteiger partial charge in [-0.25, -0.2) is 4.98 Å². The molecule has 0 fully saturated rings. The lowest BCUT2D eigenvalue weighted by molar-refractivity contribution is 0.953. The second kappa shape index (κ2) is 16.4. The molecule has 13 rings (SSSR count). The van der Waals surface area contributed by atoms with E-state index in [1.165, 1.54) is 11.1 Å². The molecule has 0 saturated carbocycles. The number of rotatable bonds is 8. The molecule has 3 heterocycles. The number of fused-ring (bicyclic) bond motifs is 7. The summed E-state index contributed by atoms with van der Waals surface area (Å²) in [6.45, 7) is 0. The van der Waals surface area contributed by atoms with Gasteiger partial charge >= 0.3 is 0 Å². The van der Waals surface area contributed by atoms with Gasteiger partial charge in [0.2, 0.25) is 5.95 Å². The molecule has 0 unspecified atom stereocenters. The molecule has 0 radical (unpaired) electrons. The fraction of sp³-hybridized carbons (Fsp3) is 0. The molecule has 0 N–H and O–H groups in total. The maximum atomic E-state index is 5.46. The lowest BCUT2D eigenvalue weighted by atomic mass is 9.95. The average molecular weight is 868 g/mol. The number of hydrogen-bond acceptors (Lipinski definition) is 3. The van der Waals surface area contributed by atoms with Crippen LogP contribution < -0.4 is 0 Å². The van der Waals surface area contributed by atoms with Gasteiger partial charge in [-0.15, -0.1) is 0 Å². The lowest BCUT2D eigenvalue weighted by Crippen LogP contribution is -2.07. The Bertz CT molecular complexity index is 4010. The monoisotopic (exact) mass is 867 g/mol. The highest BCUT2D eigenvalue weighted by molar-refractivity contribution is 6.24. The summed E-state index contributed by atoms with van der Waals surface area (Å²) in [7, 11) is 0. The Labute approximate surface area is 393 Å². The van der Waals surface area contributed by atoms with Crippen molar-refractivity contribution in [1.29, 1.82) is 0 Å². The van der Waals surface area contributed by atoms with Gasteiger partial charge in [-0.3, -0.25) is 4.57 Å². The summed E-state index contributed by atoms with van der Waals surface area (Å²) in [5.74, 6) is 1.75. The first-order valence-corrected chi connectivity index (χ1v) is 23.0.